The summed E-state index contributed by atoms with van der Waals surface area (Å²) in [5.41, 5.74) is 3.33. The van der Waals surface area contributed by atoms with Crippen LogP contribution in [-0.2, 0) is 0 Å². The summed E-state index contributed by atoms with van der Waals surface area (Å²) in [5.74, 6) is 0. The van der Waals surface area contributed by atoms with Gasteiger partial charge in [-0.2, -0.15) is 0 Å². The maximum absolute atomic E-state index is 11.8. The molecule has 2 amide bonds. The molecular formula is C17H27N3O2. The van der Waals surface area contributed by atoms with Crippen LogP contribution in [0, 0.1) is 13.8 Å². The lowest BCUT2D eigenvalue weighted by atomic mass is 10.0. The van der Waals surface area contributed by atoms with Crippen molar-refractivity contribution in [3.05, 3.63) is 34.9 Å². The Kier molecular flexibility index (Phi) is 5.80. The number of β-amino-alcohol motifs (C(OH)–C–C–N with tert-alkyl or cyclic N) is 1. The maximum atomic E-state index is 11.8. The van der Waals surface area contributed by atoms with Crippen LogP contribution >= 0.6 is 0 Å². The van der Waals surface area contributed by atoms with E-state index in [2.05, 4.69) is 16.3 Å². The van der Waals surface area contributed by atoms with E-state index in [1.165, 1.54) is 11.1 Å². The van der Waals surface area contributed by atoms with Gasteiger partial charge >= 0.3 is 6.03 Å². The first kappa shape index (κ1) is 16.8. The van der Waals surface area contributed by atoms with Crippen molar-refractivity contribution in [2.45, 2.75) is 26.9 Å². The van der Waals surface area contributed by atoms with Crippen LogP contribution in [0.25, 0.3) is 0 Å². The minimum Gasteiger partial charge on any atom is -0.387 e. The number of amides is 2. The van der Waals surface area contributed by atoms with Crippen LogP contribution < -0.4 is 5.32 Å². The first-order valence-electron chi connectivity index (χ1n) is 8.01. The Morgan fingerprint density at radius 3 is 2.32 bits per heavy atom. The molecule has 2 N–H and O–H groups in total. The highest BCUT2D eigenvalue weighted by Crippen LogP contribution is 2.18. The molecule has 5 heteroatoms. The van der Waals surface area contributed by atoms with Gasteiger partial charge in [0.25, 0.3) is 0 Å². The number of nitrogens with one attached hydrogen (secondary N) is 1. The molecule has 0 spiro atoms. The van der Waals surface area contributed by atoms with Gasteiger partial charge in [0, 0.05) is 39.3 Å². The molecule has 0 saturated carbocycles. The molecule has 0 bridgehead atoms. The van der Waals surface area contributed by atoms with Crippen LogP contribution in [0.15, 0.2) is 18.2 Å². The number of rotatable bonds is 4. The van der Waals surface area contributed by atoms with E-state index < -0.39 is 6.10 Å². The van der Waals surface area contributed by atoms with Crippen molar-refractivity contribution < 1.29 is 9.90 Å². The molecule has 1 unspecified atom stereocenters. The molecule has 22 heavy (non-hydrogen) atoms. The SMILES string of the molecule is CCNC(=O)N1CCN(CC(O)c2cc(C)cc(C)c2)CC1. The molecule has 1 saturated heterocycles. The molecule has 0 aliphatic carbocycles. The van der Waals surface area contributed by atoms with Crippen LogP contribution in [0.4, 0.5) is 4.79 Å². The first-order chi connectivity index (χ1) is 10.5. The number of hydrogen-bond acceptors (Lipinski definition) is 3. The lowest BCUT2D eigenvalue weighted by Gasteiger charge is -2.35. The van der Waals surface area contributed by atoms with E-state index in [-0.39, 0.29) is 6.03 Å². The van der Waals surface area contributed by atoms with Crippen LogP contribution in [0.2, 0.25) is 0 Å². The van der Waals surface area contributed by atoms with Gasteiger partial charge in [-0.1, -0.05) is 29.3 Å². The minimum atomic E-state index is -0.477. The van der Waals surface area contributed by atoms with Gasteiger partial charge in [-0.25, -0.2) is 4.79 Å². The molecule has 0 radical (unpaired) electrons. The van der Waals surface area contributed by atoms with Crippen molar-refractivity contribution in [3.63, 3.8) is 0 Å². The normalized spacial score (nSPS) is 17.4. The van der Waals surface area contributed by atoms with Gasteiger partial charge in [-0.3, -0.25) is 4.90 Å². The number of carbonyl (C=O) groups excluding carboxylic acids is 1. The van der Waals surface area contributed by atoms with Crippen molar-refractivity contribution >= 4 is 6.03 Å². The monoisotopic (exact) mass is 305 g/mol. The summed E-state index contributed by atoms with van der Waals surface area (Å²) >= 11 is 0. The van der Waals surface area contributed by atoms with E-state index in [9.17, 15) is 9.90 Å². The van der Waals surface area contributed by atoms with Crippen LogP contribution in [-0.4, -0.2) is 60.2 Å². The molecule has 1 aliphatic heterocycles. The Bertz CT molecular complexity index is 490. The van der Waals surface area contributed by atoms with Gasteiger partial charge in [0.1, 0.15) is 0 Å². The third kappa shape index (κ3) is 4.45. The molecule has 1 atom stereocenters. The highest BCUT2D eigenvalue weighted by Gasteiger charge is 2.22. The predicted octanol–water partition coefficient (Wildman–Crippen LogP) is 1.68. The Balaban J connectivity index is 1.86. The third-order valence-electron chi connectivity index (χ3n) is 4.05. The molecule has 1 aromatic carbocycles. The number of aliphatic hydroxyl groups is 1. The van der Waals surface area contributed by atoms with Crippen molar-refractivity contribution in [1.82, 2.24) is 15.1 Å². The van der Waals surface area contributed by atoms with Crippen molar-refractivity contribution in [2.75, 3.05) is 39.3 Å². The van der Waals surface area contributed by atoms with Crippen LogP contribution in [0.1, 0.15) is 29.7 Å². The van der Waals surface area contributed by atoms with Gasteiger partial charge in [0.2, 0.25) is 0 Å². The lowest BCUT2D eigenvalue weighted by molar-refractivity contribution is 0.0810. The highest BCUT2D eigenvalue weighted by atomic mass is 16.3. The zero-order valence-electron chi connectivity index (χ0n) is 13.8. The Labute approximate surface area is 132 Å². The molecule has 5 nitrogen and oxygen atoms in total. The van der Waals surface area contributed by atoms with Crippen LogP contribution in [0.3, 0.4) is 0 Å². The first-order valence-corrected chi connectivity index (χ1v) is 8.01. The number of aliphatic hydroxyl groups excluding tert-OH is 1. The standard InChI is InChI=1S/C17H27N3O2/c1-4-18-17(22)20-7-5-19(6-8-20)12-16(21)15-10-13(2)9-14(3)11-15/h9-11,16,21H,4-8,12H2,1-3H3,(H,18,22). The molecule has 2 rings (SSSR count). The van der Waals surface area contributed by atoms with Crippen molar-refractivity contribution in [3.8, 4) is 0 Å². The van der Waals surface area contributed by atoms with E-state index in [1.54, 1.807) is 0 Å². The lowest BCUT2D eigenvalue weighted by Crippen LogP contribution is -2.52. The average Bonchev–Trinajstić information content (AvgIpc) is 2.47. The molecule has 1 aliphatic rings. The second-order valence-electron chi connectivity index (χ2n) is 6.06. The number of hydrogen-bond donors (Lipinski definition) is 2. The highest BCUT2D eigenvalue weighted by molar-refractivity contribution is 5.74. The summed E-state index contributed by atoms with van der Waals surface area (Å²) in [5, 5.41) is 13.3. The van der Waals surface area contributed by atoms with Crippen molar-refractivity contribution in [2.24, 2.45) is 0 Å². The average molecular weight is 305 g/mol. The van der Waals surface area contributed by atoms with E-state index in [4.69, 9.17) is 0 Å². The van der Waals surface area contributed by atoms with E-state index in [1.807, 2.05) is 37.8 Å². The molecular weight excluding hydrogens is 278 g/mol. The van der Waals surface area contributed by atoms with E-state index >= 15 is 0 Å². The maximum Gasteiger partial charge on any atom is 0.317 e. The largest absolute Gasteiger partial charge is 0.387 e. The quantitative estimate of drug-likeness (QED) is 0.890. The summed E-state index contributed by atoms with van der Waals surface area (Å²) in [4.78, 5) is 15.8. The minimum absolute atomic E-state index is 0.0111. The fourth-order valence-electron chi connectivity index (χ4n) is 2.95. The second kappa shape index (κ2) is 7.61. The zero-order chi connectivity index (χ0) is 16.1. The molecule has 1 heterocycles. The van der Waals surface area contributed by atoms with Crippen molar-refractivity contribution in [1.29, 1.82) is 0 Å². The number of urea groups is 1. The summed E-state index contributed by atoms with van der Waals surface area (Å²) in [6.45, 7) is 10.3. The fraction of sp³-hybridized carbons (Fsp3) is 0.588. The zero-order valence-corrected chi connectivity index (χ0v) is 13.8. The third-order valence-corrected chi connectivity index (χ3v) is 4.05. The molecule has 122 valence electrons. The molecule has 0 aromatic heterocycles. The Hall–Kier alpha value is -1.59. The van der Waals surface area contributed by atoms with E-state index in [0.29, 0.717) is 26.2 Å². The number of aryl methyl sites for hydroxylation is 2. The van der Waals surface area contributed by atoms with Gasteiger partial charge in [0.15, 0.2) is 0 Å². The smallest absolute Gasteiger partial charge is 0.317 e. The van der Waals surface area contributed by atoms with Gasteiger partial charge < -0.3 is 15.3 Å². The number of piperazine rings is 1. The second-order valence-corrected chi connectivity index (χ2v) is 6.06. The Morgan fingerprint density at radius 2 is 1.77 bits per heavy atom. The summed E-state index contributed by atoms with van der Waals surface area (Å²) in [6.07, 6.45) is -0.477. The number of carbonyl (C=O) groups is 1. The summed E-state index contributed by atoms with van der Waals surface area (Å²) < 4.78 is 0. The topological polar surface area (TPSA) is 55.8 Å². The van der Waals surface area contributed by atoms with E-state index in [0.717, 1.165) is 18.7 Å². The molecule has 1 aromatic rings. The predicted molar refractivity (Wildman–Crippen MR) is 88.0 cm³/mol. The van der Waals surface area contributed by atoms with Gasteiger partial charge in [-0.15, -0.1) is 0 Å². The summed E-state index contributed by atoms with van der Waals surface area (Å²) in [6, 6.07) is 6.21. The fourth-order valence-corrected chi connectivity index (χ4v) is 2.95. The number of nitrogens with zero attached hydrogens (tertiary/aromatic N) is 2. The Morgan fingerprint density at radius 1 is 1.18 bits per heavy atom. The van der Waals surface area contributed by atoms with Gasteiger partial charge in [0.05, 0.1) is 6.10 Å². The number of benzene rings is 1. The molecule has 1 fully saturated rings. The van der Waals surface area contributed by atoms with Crippen LogP contribution in [0.5, 0.6) is 0 Å². The van der Waals surface area contributed by atoms with Gasteiger partial charge in [-0.05, 0) is 26.3 Å². The summed E-state index contributed by atoms with van der Waals surface area (Å²) in [7, 11) is 0.